The van der Waals surface area contributed by atoms with E-state index in [9.17, 15) is 4.79 Å². The summed E-state index contributed by atoms with van der Waals surface area (Å²) >= 11 is 0. The molecule has 0 saturated carbocycles. The standard InChI is InChI=1S/C8H11N3O2/c1-3-13-8(12)6-5(2)10-4-11-7(6)9/h4H,3H2,1-2H3,(H2,9,10,11). The van der Waals surface area contributed by atoms with E-state index in [-0.39, 0.29) is 11.4 Å². The largest absolute Gasteiger partial charge is 0.462 e. The Labute approximate surface area is 75.9 Å². The Bertz CT molecular complexity index is 305. The highest BCUT2D eigenvalue weighted by molar-refractivity contribution is 5.95. The van der Waals surface area contributed by atoms with Crippen molar-refractivity contribution in [3.63, 3.8) is 0 Å². The third-order valence-corrected chi connectivity index (χ3v) is 1.55. The first-order valence-corrected chi connectivity index (χ1v) is 3.91. The highest BCUT2D eigenvalue weighted by atomic mass is 16.5. The zero-order chi connectivity index (χ0) is 9.84. The number of aromatic nitrogens is 2. The van der Waals surface area contributed by atoms with Crippen molar-refractivity contribution in [3.8, 4) is 0 Å². The lowest BCUT2D eigenvalue weighted by Gasteiger charge is -2.05. The molecule has 0 radical (unpaired) electrons. The van der Waals surface area contributed by atoms with E-state index in [0.29, 0.717) is 12.3 Å². The number of esters is 1. The van der Waals surface area contributed by atoms with Gasteiger partial charge in [0.05, 0.1) is 12.3 Å². The Morgan fingerprint density at radius 2 is 2.31 bits per heavy atom. The van der Waals surface area contributed by atoms with Gasteiger partial charge >= 0.3 is 5.97 Å². The van der Waals surface area contributed by atoms with Crippen molar-refractivity contribution in [1.29, 1.82) is 0 Å². The van der Waals surface area contributed by atoms with E-state index >= 15 is 0 Å². The van der Waals surface area contributed by atoms with Gasteiger partial charge in [-0.15, -0.1) is 0 Å². The van der Waals surface area contributed by atoms with Crippen LogP contribution < -0.4 is 5.73 Å². The molecule has 0 atom stereocenters. The van der Waals surface area contributed by atoms with Crippen molar-refractivity contribution >= 4 is 11.8 Å². The quantitative estimate of drug-likeness (QED) is 0.674. The maximum absolute atomic E-state index is 11.3. The second-order valence-corrected chi connectivity index (χ2v) is 2.44. The lowest BCUT2D eigenvalue weighted by molar-refractivity contribution is 0.0526. The number of aryl methyl sites for hydroxylation is 1. The van der Waals surface area contributed by atoms with Crippen LogP contribution in [0.5, 0.6) is 0 Å². The van der Waals surface area contributed by atoms with Crippen molar-refractivity contribution in [2.24, 2.45) is 0 Å². The van der Waals surface area contributed by atoms with Gasteiger partial charge in [0.25, 0.3) is 0 Å². The monoisotopic (exact) mass is 181 g/mol. The van der Waals surface area contributed by atoms with Crippen molar-refractivity contribution in [2.75, 3.05) is 12.3 Å². The molecular formula is C8H11N3O2. The molecule has 2 N–H and O–H groups in total. The number of nitrogen functional groups attached to an aromatic ring is 1. The third kappa shape index (κ3) is 1.93. The molecule has 0 aliphatic heterocycles. The summed E-state index contributed by atoms with van der Waals surface area (Å²) in [6.45, 7) is 3.73. The highest BCUT2D eigenvalue weighted by Crippen LogP contribution is 2.11. The Kier molecular flexibility index (Phi) is 2.79. The van der Waals surface area contributed by atoms with E-state index in [1.54, 1.807) is 13.8 Å². The topological polar surface area (TPSA) is 78.1 Å². The molecular weight excluding hydrogens is 170 g/mol. The minimum atomic E-state index is -0.474. The van der Waals surface area contributed by atoms with Gasteiger partial charge < -0.3 is 10.5 Å². The average Bonchev–Trinajstić information content (AvgIpc) is 2.04. The van der Waals surface area contributed by atoms with Gasteiger partial charge in [-0.3, -0.25) is 0 Å². The first-order valence-electron chi connectivity index (χ1n) is 3.91. The molecule has 0 unspecified atom stereocenters. The molecule has 1 heterocycles. The van der Waals surface area contributed by atoms with E-state index in [1.165, 1.54) is 6.33 Å². The van der Waals surface area contributed by atoms with Gasteiger partial charge in [0.2, 0.25) is 0 Å². The van der Waals surface area contributed by atoms with Crippen molar-refractivity contribution in [1.82, 2.24) is 9.97 Å². The fourth-order valence-electron chi connectivity index (χ4n) is 0.948. The SMILES string of the molecule is CCOC(=O)c1c(C)ncnc1N. The molecule has 13 heavy (non-hydrogen) atoms. The van der Waals surface area contributed by atoms with Crippen molar-refractivity contribution in [2.45, 2.75) is 13.8 Å². The molecule has 1 aromatic heterocycles. The summed E-state index contributed by atoms with van der Waals surface area (Å²) in [5.41, 5.74) is 6.29. The second kappa shape index (κ2) is 3.84. The summed E-state index contributed by atoms with van der Waals surface area (Å²) in [5.74, 6) is -0.316. The van der Waals surface area contributed by atoms with Crippen LogP contribution in [0.1, 0.15) is 23.0 Å². The maximum atomic E-state index is 11.3. The van der Waals surface area contributed by atoms with Gasteiger partial charge in [0, 0.05) is 0 Å². The van der Waals surface area contributed by atoms with Crippen LogP contribution in [0.4, 0.5) is 5.82 Å². The number of nitrogens with zero attached hydrogens (tertiary/aromatic N) is 2. The summed E-state index contributed by atoms with van der Waals surface area (Å²) in [4.78, 5) is 18.9. The average molecular weight is 181 g/mol. The number of carbonyl (C=O) groups excluding carboxylic acids is 1. The maximum Gasteiger partial charge on any atom is 0.343 e. The lowest BCUT2D eigenvalue weighted by Crippen LogP contribution is -2.12. The fourth-order valence-corrected chi connectivity index (χ4v) is 0.948. The molecule has 0 saturated heterocycles. The van der Waals surface area contributed by atoms with Gasteiger partial charge in [-0.25, -0.2) is 14.8 Å². The number of nitrogens with two attached hydrogens (primary N) is 1. The molecule has 0 aromatic carbocycles. The molecule has 5 nitrogen and oxygen atoms in total. The Morgan fingerprint density at radius 1 is 1.62 bits per heavy atom. The Morgan fingerprint density at radius 3 is 2.85 bits per heavy atom. The second-order valence-electron chi connectivity index (χ2n) is 2.44. The number of hydrogen-bond donors (Lipinski definition) is 1. The predicted molar refractivity (Wildman–Crippen MR) is 47.1 cm³/mol. The van der Waals surface area contributed by atoms with Crippen molar-refractivity contribution in [3.05, 3.63) is 17.6 Å². The molecule has 0 aliphatic carbocycles. The molecule has 5 heteroatoms. The highest BCUT2D eigenvalue weighted by Gasteiger charge is 2.15. The predicted octanol–water partition coefficient (Wildman–Crippen LogP) is 0.544. The number of hydrogen-bond acceptors (Lipinski definition) is 5. The van der Waals surface area contributed by atoms with Crippen LogP contribution in [0.15, 0.2) is 6.33 Å². The summed E-state index contributed by atoms with van der Waals surface area (Å²) < 4.78 is 4.79. The lowest BCUT2D eigenvalue weighted by atomic mass is 10.2. The summed E-state index contributed by atoms with van der Waals surface area (Å²) in [7, 11) is 0. The summed E-state index contributed by atoms with van der Waals surface area (Å²) in [6.07, 6.45) is 1.31. The summed E-state index contributed by atoms with van der Waals surface area (Å²) in [5, 5.41) is 0. The van der Waals surface area contributed by atoms with Crippen LogP contribution in [-0.2, 0) is 4.74 Å². The molecule has 1 rings (SSSR count). The van der Waals surface area contributed by atoms with E-state index in [1.807, 2.05) is 0 Å². The van der Waals surface area contributed by atoms with E-state index in [4.69, 9.17) is 10.5 Å². The number of anilines is 1. The number of rotatable bonds is 2. The molecule has 70 valence electrons. The van der Waals surface area contributed by atoms with Crippen LogP contribution in [0, 0.1) is 6.92 Å². The normalized spacial score (nSPS) is 9.69. The Balaban J connectivity index is 3.05. The summed E-state index contributed by atoms with van der Waals surface area (Å²) in [6, 6.07) is 0. The molecule has 0 spiro atoms. The van der Waals surface area contributed by atoms with Crippen LogP contribution in [0.3, 0.4) is 0 Å². The number of ether oxygens (including phenoxy) is 1. The van der Waals surface area contributed by atoms with E-state index < -0.39 is 5.97 Å². The van der Waals surface area contributed by atoms with Crippen LogP contribution in [0.2, 0.25) is 0 Å². The van der Waals surface area contributed by atoms with Gasteiger partial charge in [0.1, 0.15) is 17.7 Å². The van der Waals surface area contributed by atoms with Gasteiger partial charge in [-0.05, 0) is 13.8 Å². The van der Waals surface area contributed by atoms with Crippen LogP contribution in [-0.4, -0.2) is 22.5 Å². The van der Waals surface area contributed by atoms with Crippen LogP contribution in [0.25, 0.3) is 0 Å². The molecule has 0 amide bonds. The Hall–Kier alpha value is -1.65. The number of carbonyl (C=O) groups is 1. The molecule has 0 bridgehead atoms. The molecule has 0 aliphatic rings. The first kappa shape index (κ1) is 9.44. The van der Waals surface area contributed by atoms with Gasteiger partial charge in [-0.1, -0.05) is 0 Å². The third-order valence-electron chi connectivity index (χ3n) is 1.55. The van der Waals surface area contributed by atoms with Gasteiger partial charge in [-0.2, -0.15) is 0 Å². The fraction of sp³-hybridized carbons (Fsp3) is 0.375. The zero-order valence-corrected chi connectivity index (χ0v) is 7.57. The smallest absolute Gasteiger partial charge is 0.343 e. The van der Waals surface area contributed by atoms with Gasteiger partial charge in [0.15, 0.2) is 0 Å². The minimum absolute atomic E-state index is 0.158. The minimum Gasteiger partial charge on any atom is -0.462 e. The van der Waals surface area contributed by atoms with Crippen molar-refractivity contribution < 1.29 is 9.53 Å². The first-order chi connectivity index (χ1) is 6.16. The van der Waals surface area contributed by atoms with E-state index in [0.717, 1.165) is 0 Å². The zero-order valence-electron chi connectivity index (χ0n) is 7.57. The van der Waals surface area contributed by atoms with E-state index in [2.05, 4.69) is 9.97 Å². The van der Waals surface area contributed by atoms with Crippen LogP contribution >= 0.6 is 0 Å². The molecule has 1 aromatic rings. The molecule has 0 fully saturated rings.